The highest BCUT2D eigenvalue weighted by atomic mass is 79.9. The lowest BCUT2D eigenvalue weighted by atomic mass is 10.1. The second-order valence-electron chi connectivity index (χ2n) is 6.61. The minimum Gasteiger partial charge on any atom is -0.313 e. The van der Waals surface area contributed by atoms with E-state index in [9.17, 15) is 9.59 Å². The molecule has 0 fully saturated rings. The molecule has 148 valence electrons. The molecule has 6 nitrogen and oxygen atoms in total. The number of benzene rings is 1. The summed E-state index contributed by atoms with van der Waals surface area (Å²) in [5.74, 6) is -0.414. The second-order valence-corrected chi connectivity index (χ2v) is 7.53. The van der Waals surface area contributed by atoms with Crippen LogP contribution in [0, 0.1) is 6.92 Å². The maximum absolute atomic E-state index is 13.1. The molecule has 0 saturated carbocycles. The van der Waals surface area contributed by atoms with Crippen molar-refractivity contribution in [3.05, 3.63) is 106 Å². The fourth-order valence-electron chi connectivity index (χ4n) is 3.26. The second kappa shape index (κ2) is 8.42. The average molecular weight is 461 g/mol. The van der Waals surface area contributed by atoms with Gasteiger partial charge in [0.05, 0.1) is 17.4 Å². The number of hydrogen-bond acceptors (Lipinski definition) is 4. The van der Waals surface area contributed by atoms with Crippen LogP contribution in [0.1, 0.15) is 37.5 Å². The number of carbonyl (C=O) groups excluding carboxylic acids is 2. The van der Waals surface area contributed by atoms with E-state index >= 15 is 0 Å². The van der Waals surface area contributed by atoms with Gasteiger partial charge in [0.15, 0.2) is 0 Å². The van der Waals surface area contributed by atoms with Gasteiger partial charge in [-0.3, -0.25) is 14.6 Å². The van der Waals surface area contributed by atoms with Crippen molar-refractivity contribution in [2.45, 2.75) is 6.92 Å². The van der Waals surface area contributed by atoms with Crippen LogP contribution < -0.4 is 5.43 Å². The molecule has 30 heavy (non-hydrogen) atoms. The van der Waals surface area contributed by atoms with E-state index in [1.165, 1.54) is 0 Å². The van der Waals surface area contributed by atoms with E-state index < -0.39 is 0 Å². The summed E-state index contributed by atoms with van der Waals surface area (Å²) in [6.45, 7) is 1.87. The number of hydrogen-bond donors (Lipinski definition) is 1. The number of fused-ring (bicyclic) bond motifs is 1. The van der Waals surface area contributed by atoms with Crippen LogP contribution in [-0.2, 0) is 0 Å². The molecule has 0 aliphatic heterocycles. The van der Waals surface area contributed by atoms with E-state index in [1.54, 1.807) is 55.0 Å². The lowest BCUT2D eigenvalue weighted by Gasteiger charge is -2.03. The summed E-state index contributed by atoms with van der Waals surface area (Å²) in [6.07, 6.45) is 6.61. The van der Waals surface area contributed by atoms with Crippen LogP contribution in [0.15, 0.2) is 82.8 Å². The molecule has 0 radical (unpaired) electrons. The normalized spacial score (nSPS) is 11.1. The maximum Gasteiger partial charge on any atom is 0.271 e. The summed E-state index contributed by atoms with van der Waals surface area (Å²) >= 11 is 3.34. The smallest absolute Gasteiger partial charge is 0.271 e. The topological polar surface area (TPSA) is 75.8 Å². The van der Waals surface area contributed by atoms with Crippen LogP contribution in [0.3, 0.4) is 0 Å². The Balaban J connectivity index is 1.67. The molecule has 0 saturated heterocycles. The zero-order valence-corrected chi connectivity index (χ0v) is 17.6. The van der Waals surface area contributed by atoms with Crippen molar-refractivity contribution in [2.75, 3.05) is 0 Å². The molecule has 7 heteroatoms. The Hall–Kier alpha value is -3.58. The monoisotopic (exact) mass is 460 g/mol. The van der Waals surface area contributed by atoms with Crippen molar-refractivity contribution < 1.29 is 9.59 Å². The average Bonchev–Trinajstić information content (AvgIpc) is 3.05. The fraction of sp³-hybridized carbons (Fsp3) is 0.0435. The van der Waals surface area contributed by atoms with Gasteiger partial charge >= 0.3 is 0 Å². The summed E-state index contributed by atoms with van der Waals surface area (Å²) in [6, 6.07) is 16.1. The zero-order valence-electron chi connectivity index (χ0n) is 16.0. The van der Waals surface area contributed by atoms with Gasteiger partial charge in [-0.1, -0.05) is 22.0 Å². The minimum atomic E-state index is -0.312. The van der Waals surface area contributed by atoms with Gasteiger partial charge in [-0.15, -0.1) is 0 Å². The molecule has 0 bridgehead atoms. The van der Waals surface area contributed by atoms with E-state index in [-0.39, 0.29) is 11.7 Å². The van der Waals surface area contributed by atoms with Gasteiger partial charge < -0.3 is 4.40 Å². The third-order valence-electron chi connectivity index (χ3n) is 4.76. The summed E-state index contributed by atoms with van der Waals surface area (Å²) in [4.78, 5) is 29.4. The molecular formula is C23H17BrN4O2. The molecule has 1 amide bonds. The molecule has 3 heterocycles. The van der Waals surface area contributed by atoms with E-state index in [0.29, 0.717) is 16.8 Å². The SMILES string of the molecule is Cc1c(C=NNC(=O)c2ccc(Br)cc2)c2ccccn2c1C(=O)c1ccncc1. The molecule has 4 rings (SSSR count). The molecule has 1 aromatic carbocycles. The largest absolute Gasteiger partial charge is 0.313 e. The zero-order chi connectivity index (χ0) is 21.1. The molecule has 0 unspecified atom stereocenters. The molecule has 0 atom stereocenters. The molecular weight excluding hydrogens is 444 g/mol. The Kier molecular flexibility index (Phi) is 5.54. The Bertz CT molecular complexity index is 1260. The van der Waals surface area contributed by atoms with Gasteiger partial charge in [-0.25, -0.2) is 5.43 Å². The van der Waals surface area contributed by atoms with Crippen molar-refractivity contribution in [1.29, 1.82) is 0 Å². The van der Waals surface area contributed by atoms with Crippen LogP contribution in [0.2, 0.25) is 0 Å². The number of halogens is 1. The van der Waals surface area contributed by atoms with E-state index in [1.807, 2.05) is 35.7 Å². The van der Waals surface area contributed by atoms with Gasteiger partial charge in [0.1, 0.15) is 0 Å². The molecule has 4 aromatic rings. The van der Waals surface area contributed by atoms with E-state index in [2.05, 4.69) is 31.4 Å². The minimum absolute atomic E-state index is 0.102. The third kappa shape index (κ3) is 3.79. The summed E-state index contributed by atoms with van der Waals surface area (Å²) < 4.78 is 2.74. The Morgan fingerprint density at radius 1 is 1.03 bits per heavy atom. The molecule has 0 aliphatic rings. The quantitative estimate of drug-likeness (QED) is 0.272. The lowest BCUT2D eigenvalue weighted by molar-refractivity contribution is 0.0954. The number of amides is 1. The molecule has 1 N–H and O–H groups in total. The summed E-state index contributed by atoms with van der Waals surface area (Å²) in [5, 5.41) is 4.13. The van der Waals surface area contributed by atoms with E-state index in [0.717, 1.165) is 21.1 Å². The summed E-state index contributed by atoms with van der Waals surface area (Å²) in [5.41, 5.74) is 6.53. The van der Waals surface area contributed by atoms with Crippen molar-refractivity contribution in [2.24, 2.45) is 5.10 Å². The Morgan fingerprint density at radius 2 is 1.77 bits per heavy atom. The Morgan fingerprint density at radius 3 is 2.50 bits per heavy atom. The first kappa shape index (κ1) is 19.7. The molecule has 3 aromatic heterocycles. The van der Waals surface area contributed by atoms with Gasteiger partial charge in [-0.05, 0) is 61.0 Å². The van der Waals surface area contributed by atoms with Gasteiger partial charge in [0.2, 0.25) is 5.78 Å². The number of hydrazone groups is 1. The maximum atomic E-state index is 13.1. The predicted octanol–water partition coefficient (Wildman–Crippen LogP) is 4.40. The molecule has 0 spiro atoms. The summed E-state index contributed by atoms with van der Waals surface area (Å²) in [7, 11) is 0. The van der Waals surface area contributed by atoms with Crippen LogP contribution in [0.25, 0.3) is 5.52 Å². The first-order valence-electron chi connectivity index (χ1n) is 9.19. The van der Waals surface area contributed by atoms with Crippen LogP contribution >= 0.6 is 15.9 Å². The van der Waals surface area contributed by atoms with Crippen LogP contribution in [-0.4, -0.2) is 27.3 Å². The lowest BCUT2D eigenvalue weighted by Crippen LogP contribution is -2.17. The van der Waals surface area contributed by atoms with Crippen molar-refractivity contribution in [3.63, 3.8) is 0 Å². The van der Waals surface area contributed by atoms with Gasteiger partial charge in [-0.2, -0.15) is 5.10 Å². The number of pyridine rings is 2. The van der Waals surface area contributed by atoms with Crippen molar-refractivity contribution in [1.82, 2.24) is 14.8 Å². The van der Waals surface area contributed by atoms with Crippen molar-refractivity contribution in [3.8, 4) is 0 Å². The number of nitrogens with zero attached hydrogens (tertiary/aromatic N) is 3. The molecule has 0 aliphatic carbocycles. The first-order valence-corrected chi connectivity index (χ1v) is 9.99. The number of ketones is 1. The predicted molar refractivity (Wildman–Crippen MR) is 119 cm³/mol. The fourth-order valence-corrected chi connectivity index (χ4v) is 3.53. The third-order valence-corrected chi connectivity index (χ3v) is 5.29. The standard InChI is InChI=1S/C23H17BrN4O2/c1-15-19(14-26-27-23(30)17-5-7-18(24)8-6-17)20-4-2-3-13-28(20)21(15)22(29)16-9-11-25-12-10-16/h2-14H,1H3,(H,27,30). The van der Waals surface area contributed by atoms with Crippen molar-refractivity contribution >= 4 is 39.4 Å². The van der Waals surface area contributed by atoms with E-state index in [4.69, 9.17) is 0 Å². The number of nitrogens with one attached hydrogen (secondary N) is 1. The highest BCUT2D eigenvalue weighted by Gasteiger charge is 2.20. The van der Waals surface area contributed by atoms with Crippen LogP contribution in [0.4, 0.5) is 0 Å². The number of aromatic nitrogens is 2. The van der Waals surface area contributed by atoms with Gasteiger partial charge in [0.25, 0.3) is 5.91 Å². The highest BCUT2D eigenvalue weighted by Crippen LogP contribution is 2.24. The number of rotatable bonds is 5. The highest BCUT2D eigenvalue weighted by molar-refractivity contribution is 9.10. The number of carbonyl (C=O) groups is 2. The first-order chi connectivity index (χ1) is 14.6. The van der Waals surface area contributed by atoms with Crippen LogP contribution in [0.5, 0.6) is 0 Å². The Labute approximate surface area is 181 Å². The van der Waals surface area contributed by atoms with Gasteiger partial charge in [0, 0.05) is 39.8 Å².